The highest BCUT2D eigenvalue weighted by Gasteiger charge is 2.15. The number of aliphatic hydroxyl groups is 2. The van der Waals surface area contributed by atoms with Crippen LogP contribution < -0.4 is 5.32 Å². The van der Waals surface area contributed by atoms with Gasteiger partial charge < -0.3 is 15.5 Å². The molecule has 2 unspecified atom stereocenters. The monoisotopic (exact) mass is 243 g/mol. The van der Waals surface area contributed by atoms with Crippen LogP contribution in [0.3, 0.4) is 0 Å². The molecule has 0 saturated heterocycles. The van der Waals surface area contributed by atoms with Gasteiger partial charge in [0.1, 0.15) is 0 Å². The van der Waals surface area contributed by atoms with Crippen LogP contribution in [0, 0.1) is 0 Å². The maximum atomic E-state index is 10.0. The van der Waals surface area contributed by atoms with Crippen LogP contribution in [0.4, 0.5) is 0 Å². The summed E-state index contributed by atoms with van der Waals surface area (Å²) >= 11 is 5.77. The third kappa shape index (κ3) is 4.10. The summed E-state index contributed by atoms with van der Waals surface area (Å²) in [6.45, 7) is 2.77. The van der Waals surface area contributed by atoms with Gasteiger partial charge in [-0.05, 0) is 37.6 Å². The van der Waals surface area contributed by atoms with Gasteiger partial charge >= 0.3 is 0 Å². The lowest BCUT2D eigenvalue weighted by Crippen LogP contribution is -2.33. The van der Waals surface area contributed by atoms with Crippen molar-refractivity contribution in [2.45, 2.75) is 25.5 Å². The van der Waals surface area contributed by atoms with Gasteiger partial charge in [0.05, 0.1) is 6.10 Å². The lowest BCUT2D eigenvalue weighted by Gasteiger charge is -2.20. The number of nitrogens with one attached hydrogen (secondary N) is 1. The number of hydrogen-bond acceptors (Lipinski definition) is 3. The topological polar surface area (TPSA) is 52.5 Å². The quantitative estimate of drug-likeness (QED) is 0.667. The smallest absolute Gasteiger partial charge is 0.0940 e. The molecule has 0 aliphatic heterocycles. The first kappa shape index (κ1) is 13.5. The van der Waals surface area contributed by atoms with Crippen molar-refractivity contribution in [2.75, 3.05) is 13.2 Å². The Kier molecular flexibility index (Phi) is 5.77. The molecule has 0 aliphatic rings. The van der Waals surface area contributed by atoms with E-state index in [4.69, 9.17) is 16.7 Å². The fourth-order valence-corrected chi connectivity index (χ4v) is 1.60. The molecule has 0 aliphatic carbocycles. The molecule has 1 aromatic rings. The molecule has 0 amide bonds. The molecular formula is C12H18ClNO2. The summed E-state index contributed by atoms with van der Waals surface area (Å²) in [6, 6.07) is 7.11. The number of benzene rings is 1. The van der Waals surface area contributed by atoms with Gasteiger partial charge in [-0.25, -0.2) is 0 Å². The minimum absolute atomic E-state index is 0.0484. The summed E-state index contributed by atoms with van der Waals surface area (Å²) < 4.78 is 0. The van der Waals surface area contributed by atoms with E-state index in [2.05, 4.69) is 5.32 Å². The van der Waals surface area contributed by atoms with Crippen LogP contribution >= 0.6 is 11.6 Å². The van der Waals surface area contributed by atoms with Crippen LogP contribution in [0.25, 0.3) is 0 Å². The molecule has 3 nitrogen and oxygen atoms in total. The van der Waals surface area contributed by atoms with Gasteiger partial charge in [-0.15, -0.1) is 0 Å². The van der Waals surface area contributed by atoms with Gasteiger partial charge in [0.2, 0.25) is 0 Å². The fourth-order valence-electron chi connectivity index (χ4n) is 1.47. The van der Waals surface area contributed by atoms with Crippen molar-refractivity contribution in [2.24, 2.45) is 0 Å². The normalized spacial score (nSPS) is 14.8. The zero-order valence-electron chi connectivity index (χ0n) is 9.36. The molecule has 0 aromatic heterocycles. The van der Waals surface area contributed by atoms with E-state index in [1.807, 2.05) is 19.1 Å². The lowest BCUT2D eigenvalue weighted by molar-refractivity contribution is 0.134. The number of hydrogen-bond donors (Lipinski definition) is 3. The summed E-state index contributed by atoms with van der Waals surface area (Å²) in [5.41, 5.74) is 0.841. The van der Waals surface area contributed by atoms with E-state index in [1.54, 1.807) is 12.1 Å². The highest BCUT2D eigenvalue weighted by molar-refractivity contribution is 6.30. The Morgan fingerprint density at radius 1 is 1.31 bits per heavy atom. The third-order valence-electron chi connectivity index (χ3n) is 2.49. The Labute approximate surface area is 101 Å². The van der Waals surface area contributed by atoms with Gasteiger partial charge in [-0.2, -0.15) is 0 Å². The van der Waals surface area contributed by atoms with E-state index < -0.39 is 6.10 Å². The molecule has 2 atom stereocenters. The Morgan fingerprint density at radius 3 is 2.50 bits per heavy atom. The highest BCUT2D eigenvalue weighted by atomic mass is 35.5. The molecule has 0 spiro atoms. The number of halogens is 1. The predicted octanol–water partition coefficient (Wildman–Crippen LogP) is 1.73. The number of aliphatic hydroxyl groups excluding tert-OH is 2. The molecule has 3 N–H and O–H groups in total. The van der Waals surface area contributed by atoms with E-state index in [0.717, 1.165) is 5.56 Å². The van der Waals surface area contributed by atoms with Crippen molar-refractivity contribution in [3.63, 3.8) is 0 Å². The highest BCUT2D eigenvalue weighted by Crippen LogP contribution is 2.19. The SMILES string of the molecule is CC(NCCCO)C(O)c1ccc(Cl)cc1. The first-order chi connectivity index (χ1) is 7.65. The standard InChI is InChI=1S/C12H18ClNO2/c1-9(14-7-2-8-15)12(16)10-3-5-11(13)6-4-10/h3-6,9,12,14-16H,2,7-8H2,1H3. The Morgan fingerprint density at radius 2 is 1.94 bits per heavy atom. The molecule has 1 aromatic carbocycles. The largest absolute Gasteiger partial charge is 0.396 e. The molecule has 1 rings (SSSR count). The minimum Gasteiger partial charge on any atom is -0.396 e. The maximum Gasteiger partial charge on any atom is 0.0940 e. The molecule has 0 radical (unpaired) electrons. The molecule has 4 heteroatoms. The molecule has 0 fully saturated rings. The third-order valence-corrected chi connectivity index (χ3v) is 2.74. The Hall–Kier alpha value is -0.610. The van der Waals surface area contributed by atoms with E-state index >= 15 is 0 Å². The molecule has 90 valence electrons. The summed E-state index contributed by atoms with van der Waals surface area (Å²) in [6.07, 6.45) is 0.133. The van der Waals surface area contributed by atoms with Gasteiger partial charge in [-0.3, -0.25) is 0 Å². The van der Waals surface area contributed by atoms with Crippen molar-refractivity contribution in [3.8, 4) is 0 Å². The molecule has 0 bridgehead atoms. The number of rotatable bonds is 6. The Bertz CT molecular complexity index is 302. The maximum absolute atomic E-state index is 10.0. The molecule has 16 heavy (non-hydrogen) atoms. The Balaban J connectivity index is 2.49. The van der Waals surface area contributed by atoms with Crippen molar-refractivity contribution in [1.29, 1.82) is 0 Å². The molecular weight excluding hydrogens is 226 g/mol. The predicted molar refractivity (Wildman–Crippen MR) is 65.6 cm³/mol. The van der Waals surface area contributed by atoms with Gasteiger partial charge in [0.15, 0.2) is 0 Å². The van der Waals surface area contributed by atoms with Gasteiger partial charge in [0, 0.05) is 17.7 Å². The van der Waals surface area contributed by atoms with Crippen LogP contribution in [0.1, 0.15) is 25.0 Å². The van der Waals surface area contributed by atoms with Crippen molar-refractivity contribution in [1.82, 2.24) is 5.32 Å². The second-order valence-electron chi connectivity index (χ2n) is 3.82. The van der Waals surface area contributed by atoms with E-state index in [-0.39, 0.29) is 12.6 Å². The summed E-state index contributed by atoms with van der Waals surface area (Å²) in [5, 5.41) is 22.5. The zero-order chi connectivity index (χ0) is 12.0. The van der Waals surface area contributed by atoms with E-state index in [0.29, 0.717) is 18.0 Å². The van der Waals surface area contributed by atoms with Crippen molar-refractivity contribution in [3.05, 3.63) is 34.9 Å². The molecule has 0 saturated carbocycles. The summed E-state index contributed by atoms with van der Waals surface area (Å²) in [5.74, 6) is 0. The molecule has 0 heterocycles. The van der Waals surface area contributed by atoms with Gasteiger partial charge in [-0.1, -0.05) is 23.7 Å². The average molecular weight is 244 g/mol. The second-order valence-corrected chi connectivity index (χ2v) is 4.25. The van der Waals surface area contributed by atoms with E-state index in [1.165, 1.54) is 0 Å². The van der Waals surface area contributed by atoms with Crippen LogP contribution in [0.15, 0.2) is 24.3 Å². The van der Waals surface area contributed by atoms with Crippen LogP contribution in [-0.4, -0.2) is 29.4 Å². The van der Waals surface area contributed by atoms with Crippen LogP contribution in [0.2, 0.25) is 5.02 Å². The average Bonchev–Trinajstić information content (AvgIpc) is 2.29. The summed E-state index contributed by atoms with van der Waals surface area (Å²) in [4.78, 5) is 0. The van der Waals surface area contributed by atoms with Crippen molar-refractivity contribution >= 4 is 11.6 Å². The zero-order valence-corrected chi connectivity index (χ0v) is 10.1. The summed E-state index contributed by atoms with van der Waals surface area (Å²) in [7, 11) is 0. The van der Waals surface area contributed by atoms with Crippen LogP contribution in [0.5, 0.6) is 0 Å². The lowest BCUT2D eigenvalue weighted by atomic mass is 10.0. The second kappa shape index (κ2) is 6.86. The van der Waals surface area contributed by atoms with Crippen molar-refractivity contribution < 1.29 is 10.2 Å². The minimum atomic E-state index is -0.559. The fraction of sp³-hybridized carbons (Fsp3) is 0.500. The first-order valence-corrected chi connectivity index (χ1v) is 5.80. The van der Waals surface area contributed by atoms with Crippen LogP contribution in [-0.2, 0) is 0 Å². The first-order valence-electron chi connectivity index (χ1n) is 5.43. The van der Waals surface area contributed by atoms with E-state index in [9.17, 15) is 5.11 Å². The van der Waals surface area contributed by atoms with Gasteiger partial charge in [0.25, 0.3) is 0 Å².